The van der Waals surface area contributed by atoms with E-state index in [1.807, 2.05) is 32.8 Å². The van der Waals surface area contributed by atoms with Gasteiger partial charge in [0.15, 0.2) is 0 Å². The van der Waals surface area contributed by atoms with Gasteiger partial charge in [-0.15, -0.1) is 0 Å². The Hall–Kier alpha value is -1.06. The molecule has 0 atom stereocenters. The maximum atomic E-state index is 11.7. The zero-order chi connectivity index (χ0) is 12.8. The maximum absolute atomic E-state index is 11.7. The lowest BCUT2D eigenvalue weighted by Crippen LogP contribution is -2.65. The lowest BCUT2D eigenvalue weighted by molar-refractivity contribution is -0.165. The van der Waals surface area contributed by atoms with Crippen molar-refractivity contribution in [3.63, 3.8) is 0 Å². The number of amides is 2. The summed E-state index contributed by atoms with van der Waals surface area (Å²) in [6.45, 7) is 5.60. The lowest BCUT2D eigenvalue weighted by Gasteiger charge is -2.59. The first-order chi connectivity index (χ1) is 7.84. The molecule has 1 aliphatic carbocycles. The first-order valence-corrected chi connectivity index (χ1v) is 6.35. The first kappa shape index (κ1) is 12.4. The molecule has 0 aromatic heterocycles. The number of rotatable bonds is 2. The fraction of sp³-hybridized carbons (Fsp3) is 0.846. The standard InChI is InChI=1S/C13H22N2O2/c1-9(2)11(16)15-7-13(8-15)5-10(6-13)12(17)14(3)4/h9-10H,5-8H2,1-4H3. The van der Waals surface area contributed by atoms with Gasteiger partial charge in [-0.05, 0) is 12.8 Å². The molecule has 0 aromatic carbocycles. The normalized spacial score (nSPS) is 22.3. The highest BCUT2D eigenvalue weighted by Crippen LogP contribution is 2.52. The first-order valence-electron chi connectivity index (χ1n) is 6.35. The zero-order valence-corrected chi connectivity index (χ0v) is 11.2. The minimum atomic E-state index is 0.0895. The van der Waals surface area contributed by atoms with Crippen molar-refractivity contribution in [2.45, 2.75) is 26.7 Å². The number of hydrogen-bond acceptors (Lipinski definition) is 2. The maximum Gasteiger partial charge on any atom is 0.225 e. The summed E-state index contributed by atoms with van der Waals surface area (Å²) in [5, 5.41) is 0. The van der Waals surface area contributed by atoms with Crippen molar-refractivity contribution < 1.29 is 9.59 Å². The Balaban J connectivity index is 1.79. The highest BCUT2D eigenvalue weighted by atomic mass is 16.2. The summed E-state index contributed by atoms with van der Waals surface area (Å²) in [4.78, 5) is 27.1. The fourth-order valence-corrected chi connectivity index (χ4v) is 3.07. The fourth-order valence-electron chi connectivity index (χ4n) is 3.07. The third-order valence-electron chi connectivity index (χ3n) is 4.01. The molecule has 0 radical (unpaired) electrons. The minimum absolute atomic E-state index is 0.0895. The largest absolute Gasteiger partial charge is 0.349 e. The second-order valence-electron chi connectivity index (χ2n) is 6.19. The second-order valence-corrected chi connectivity index (χ2v) is 6.19. The van der Waals surface area contributed by atoms with Crippen molar-refractivity contribution in [3.8, 4) is 0 Å². The van der Waals surface area contributed by atoms with Crippen molar-refractivity contribution in [3.05, 3.63) is 0 Å². The summed E-state index contributed by atoms with van der Waals surface area (Å²) in [6.07, 6.45) is 1.93. The van der Waals surface area contributed by atoms with Gasteiger partial charge in [-0.1, -0.05) is 13.8 Å². The van der Waals surface area contributed by atoms with Crippen LogP contribution in [0.3, 0.4) is 0 Å². The lowest BCUT2D eigenvalue weighted by atomic mass is 9.57. The smallest absolute Gasteiger partial charge is 0.225 e. The van der Waals surface area contributed by atoms with Gasteiger partial charge in [0.1, 0.15) is 0 Å². The molecule has 0 bridgehead atoms. The SMILES string of the molecule is CC(C)C(=O)N1CC2(CC(C(=O)N(C)C)C2)C1. The molecule has 4 nitrogen and oxygen atoms in total. The molecule has 2 rings (SSSR count). The minimum Gasteiger partial charge on any atom is -0.349 e. The molecule has 1 spiro atoms. The quantitative estimate of drug-likeness (QED) is 0.719. The number of hydrogen-bond donors (Lipinski definition) is 0. The molecule has 2 aliphatic rings. The van der Waals surface area contributed by atoms with E-state index in [1.54, 1.807) is 4.90 Å². The van der Waals surface area contributed by atoms with Crippen LogP contribution in [-0.2, 0) is 9.59 Å². The number of nitrogens with zero attached hydrogens (tertiary/aromatic N) is 2. The third kappa shape index (κ3) is 2.05. The average Bonchev–Trinajstić information content (AvgIpc) is 2.12. The predicted octanol–water partition coefficient (Wildman–Crippen LogP) is 0.969. The topological polar surface area (TPSA) is 40.6 Å². The molecule has 96 valence electrons. The third-order valence-corrected chi connectivity index (χ3v) is 4.01. The monoisotopic (exact) mass is 238 g/mol. The van der Waals surface area contributed by atoms with Gasteiger partial charge in [0.2, 0.25) is 11.8 Å². The van der Waals surface area contributed by atoms with Crippen LogP contribution in [0.25, 0.3) is 0 Å². The molecule has 0 N–H and O–H groups in total. The van der Waals surface area contributed by atoms with E-state index < -0.39 is 0 Å². The molecule has 1 aliphatic heterocycles. The number of carbonyl (C=O) groups excluding carboxylic acids is 2. The van der Waals surface area contributed by atoms with Crippen LogP contribution >= 0.6 is 0 Å². The van der Waals surface area contributed by atoms with Crippen LogP contribution in [0.5, 0.6) is 0 Å². The summed E-state index contributed by atoms with van der Waals surface area (Å²) in [5.41, 5.74) is 0.279. The van der Waals surface area contributed by atoms with Crippen molar-refractivity contribution in [2.75, 3.05) is 27.2 Å². The van der Waals surface area contributed by atoms with E-state index in [-0.39, 0.29) is 29.1 Å². The summed E-state index contributed by atoms with van der Waals surface area (Å²) >= 11 is 0. The number of likely N-dealkylation sites (tertiary alicyclic amines) is 1. The molecule has 17 heavy (non-hydrogen) atoms. The predicted molar refractivity (Wildman–Crippen MR) is 65.3 cm³/mol. The van der Waals surface area contributed by atoms with E-state index in [0.717, 1.165) is 25.9 Å². The van der Waals surface area contributed by atoms with E-state index in [0.29, 0.717) is 0 Å². The van der Waals surface area contributed by atoms with Crippen molar-refractivity contribution in [2.24, 2.45) is 17.3 Å². The van der Waals surface area contributed by atoms with Crippen LogP contribution in [0.4, 0.5) is 0 Å². The molecule has 1 saturated carbocycles. The highest BCUT2D eigenvalue weighted by molar-refractivity contribution is 5.81. The molecule has 1 heterocycles. The van der Waals surface area contributed by atoms with Gasteiger partial charge in [0.05, 0.1) is 0 Å². The van der Waals surface area contributed by atoms with Crippen LogP contribution in [0.1, 0.15) is 26.7 Å². The second kappa shape index (κ2) is 4.00. The van der Waals surface area contributed by atoms with Gasteiger partial charge >= 0.3 is 0 Å². The molecule has 0 unspecified atom stereocenters. The molecule has 0 aromatic rings. The summed E-state index contributed by atoms with van der Waals surface area (Å²) in [7, 11) is 3.62. The van der Waals surface area contributed by atoms with Gasteiger partial charge in [-0.3, -0.25) is 9.59 Å². The Morgan fingerprint density at radius 1 is 1.24 bits per heavy atom. The molecule has 2 fully saturated rings. The van der Waals surface area contributed by atoms with E-state index in [9.17, 15) is 9.59 Å². The Morgan fingerprint density at radius 3 is 2.18 bits per heavy atom. The van der Waals surface area contributed by atoms with Gasteiger partial charge < -0.3 is 9.80 Å². The molecule has 1 saturated heterocycles. The van der Waals surface area contributed by atoms with Crippen LogP contribution in [0.15, 0.2) is 0 Å². The van der Waals surface area contributed by atoms with E-state index in [1.165, 1.54) is 0 Å². The van der Waals surface area contributed by atoms with Crippen molar-refractivity contribution >= 4 is 11.8 Å². The highest BCUT2D eigenvalue weighted by Gasteiger charge is 2.55. The Morgan fingerprint density at radius 2 is 1.76 bits per heavy atom. The van der Waals surface area contributed by atoms with Crippen LogP contribution < -0.4 is 0 Å². The van der Waals surface area contributed by atoms with E-state index >= 15 is 0 Å². The molecule has 4 heteroatoms. The Bertz CT molecular complexity index is 300. The van der Waals surface area contributed by atoms with E-state index in [4.69, 9.17) is 0 Å². The molecular weight excluding hydrogens is 216 g/mol. The summed E-state index contributed by atoms with van der Waals surface area (Å²) in [5.74, 6) is 0.773. The summed E-state index contributed by atoms with van der Waals surface area (Å²) in [6, 6.07) is 0. The number of carbonyl (C=O) groups is 2. The van der Waals surface area contributed by atoms with Gasteiger partial charge in [0, 0.05) is 44.4 Å². The average molecular weight is 238 g/mol. The molecule has 2 amide bonds. The van der Waals surface area contributed by atoms with Crippen LogP contribution in [-0.4, -0.2) is 48.8 Å². The van der Waals surface area contributed by atoms with Crippen LogP contribution in [0.2, 0.25) is 0 Å². The zero-order valence-electron chi connectivity index (χ0n) is 11.2. The Labute approximate surface area is 103 Å². The van der Waals surface area contributed by atoms with Gasteiger partial charge in [-0.2, -0.15) is 0 Å². The van der Waals surface area contributed by atoms with Crippen molar-refractivity contribution in [1.29, 1.82) is 0 Å². The Kier molecular flexibility index (Phi) is 2.92. The molecular formula is C13H22N2O2. The van der Waals surface area contributed by atoms with E-state index in [2.05, 4.69) is 0 Å². The van der Waals surface area contributed by atoms with Crippen LogP contribution in [0, 0.1) is 17.3 Å². The van der Waals surface area contributed by atoms with Gasteiger partial charge in [-0.25, -0.2) is 0 Å². The van der Waals surface area contributed by atoms with Crippen molar-refractivity contribution in [1.82, 2.24) is 9.80 Å². The van der Waals surface area contributed by atoms with Gasteiger partial charge in [0.25, 0.3) is 0 Å². The summed E-state index contributed by atoms with van der Waals surface area (Å²) < 4.78 is 0.